The minimum Gasteiger partial charge on any atom is -0.493 e. The summed E-state index contributed by atoms with van der Waals surface area (Å²) in [5, 5.41) is 0. The molecule has 6 heteroatoms. The zero-order valence-electron chi connectivity index (χ0n) is 23.7. The van der Waals surface area contributed by atoms with Gasteiger partial charge < -0.3 is 20.1 Å². The van der Waals surface area contributed by atoms with Crippen LogP contribution in [0.2, 0.25) is 0 Å². The summed E-state index contributed by atoms with van der Waals surface area (Å²) in [7, 11) is 0. The number of aliphatic imine (C=N–C) groups is 1. The highest BCUT2D eigenvalue weighted by molar-refractivity contribution is 5.98. The fourth-order valence-corrected chi connectivity index (χ4v) is 4.52. The molecule has 1 aromatic rings. The van der Waals surface area contributed by atoms with E-state index in [9.17, 15) is 4.79 Å². The van der Waals surface area contributed by atoms with Crippen molar-refractivity contribution in [3.63, 3.8) is 0 Å². The Balaban J connectivity index is 1.77. The Labute approximate surface area is 228 Å². The zero-order valence-corrected chi connectivity index (χ0v) is 23.7. The molecule has 0 saturated carbocycles. The van der Waals surface area contributed by atoms with Crippen LogP contribution in [0.25, 0.3) is 0 Å². The van der Waals surface area contributed by atoms with Crippen molar-refractivity contribution in [3.8, 4) is 5.75 Å². The van der Waals surface area contributed by atoms with E-state index in [1.165, 1.54) is 0 Å². The lowest BCUT2D eigenvalue weighted by Gasteiger charge is -2.25. The van der Waals surface area contributed by atoms with Crippen LogP contribution < -0.4 is 10.5 Å². The summed E-state index contributed by atoms with van der Waals surface area (Å²) in [6, 6.07) is 3.88. The molecule has 0 unspecified atom stereocenters. The molecule has 1 aromatic carbocycles. The molecule has 0 aromatic heterocycles. The maximum atomic E-state index is 13.4. The molecule has 2 aliphatic rings. The second kappa shape index (κ2) is 12.3. The number of rotatable bonds is 8. The number of allylic oxidation sites excluding steroid dienone is 3. The summed E-state index contributed by atoms with van der Waals surface area (Å²) in [5.41, 5.74) is 11.0. The number of Topliss-reactive ketones (excluding diaryl/α,β-unsaturated/α-hetero) is 1. The molecule has 2 N–H and O–H groups in total. The molecule has 2 heterocycles. The molecule has 0 amide bonds. The number of ether oxygens (including phenoxy) is 2. The van der Waals surface area contributed by atoms with Crippen LogP contribution in [-0.2, 0) is 16.6 Å². The predicted octanol–water partition coefficient (Wildman–Crippen LogP) is 6.74. The largest absolute Gasteiger partial charge is 0.493 e. The van der Waals surface area contributed by atoms with Crippen LogP contribution in [0.3, 0.4) is 0 Å². The number of fused-ring (bicyclic) bond motifs is 1. The Morgan fingerprint density at radius 1 is 1.21 bits per heavy atom. The molecule has 204 valence electrons. The van der Waals surface area contributed by atoms with Gasteiger partial charge in [0.15, 0.2) is 5.78 Å². The standard InChI is InChI=1S/C32H43N3O3/c1-9-26(10-2)38-27-12-11-23(5)35(15-13-27)31(33)34-22(4)18-29(36)24-19-25-17-21(3)14-16-37-30(25)28(20-24)32(6,7)8/h11-13,19-20,26H,3-5,9-10,14-18H2,1-2,6-8H3,(H2,33,34). The van der Waals surface area contributed by atoms with Gasteiger partial charge in [-0.05, 0) is 60.6 Å². The van der Waals surface area contributed by atoms with Gasteiger partial charge in [0.05, 0.1) is 19.1 Å². The number of nitrogens with zero attached hydrogens (tertiary/aromatic N) is 2. The van der Waals surface area contributed by atoms with E-state index in [-0.39, 0.29) is 29.7 Å². The highest BCUT2D eigenvalue weighted by Crippen LogP contribution is 2.38. The Kier molecular flexibility index (Phi) is 9.42. The third kappa shape index (κ3) is 7.27. The number of hydrogen-bond acceptors (Lipinski definition) is 4. The third-order valence-corrected chi connectivity index (χ3v) is 6.83. The lowest BCUT2D eigenvalue weighted by molar-refractivity contribution is 0.0992. The van der Waals surface area contributed by atoms with Gasteiger partial charge in [-0.25, -0.2) is 4.99 Å². The van der Waals surface area contributed by atoms with E-state index in [4.69, 9.17) is 15.2 Å². The Morgan fingerprint density at radius 3 is 2.58 bits per heavy atom. The van der Waals surface area contributed by atoms with Crippen LogP contribution in [0.15, 0.2) is 77.8 Å². The number of benzene rings is 1. The number of carbonyl (C=O) groups excluding carboxylic acids is 1. The van der Waals surface area contributed by atoms with E-state index >= 15 is 0 Å². The van der Waals surface area contributed by atoms with Gasteiger partial charge in [-0.3, -0.25) is 4.79 Å². The molecule has 0 aliphatic carbocycles. The molecule has 0 bridgehead atoms. The quantitative estimate of drug-likeness (QED) is 0.179. The maximum absolute atomic E-state index is 13.4. The van der Waals surface area contributed by atoms with Gasteiger partial charge in [0.1, 0.15) is 11.5 Å². The van der Waals surface area contributed by atoms with Crippen LogP contribution in [0, 0.1) is 0 Å². The highest BCUT2D eigenvalue weighted by atomic mass is 16.5. The van der Waals surface area contributed by atoms with E-state index in [0.29, 0.717) is 36.5 Å². The smallest absolute Gasteiger partial charge is 0.201 e. The first-order valence-corrected chi connectivity index (χ1v) is 13.5. The number of hydrogen-bond donors (Lipinski definition) is 1. The van der Waals surface area contributed by atoms with Crippen molar-refractivity contribution in [1.82, 2.24) is 4.90 Å². The Hall–Kier alpha value is -3.54. The van der Waals surface area contributed by atoms with Gasteiger partial charge in [0.25, 0.3) is 0 Å². The Morgan fingerprint density at radius 2 is 1.92 bits per heavy atom. The van der Waals surface area contributed by atoms with E-state index in [0.717, 1.165) is 47.5 Å². The number of carbonyl (C=O) groups is 1. The topological polar surface area (TPSA) is 77.1 Å². The van der Waals surface area contributed by atoms with Crippen molar-refractivity contribution in [1.29, 1.82) is 0 Å². The van der Waals surface area contributed by atoms with Crippen molar-refractivity contribution < 1.29 is 14.3 Å². The van der Waals surface area contributed by atoms with E-state index < -0.39 is 0 Å². The molecule has 0 fully saturated rings. The van der Waals surface area contributed by atoms with Crippen molar-refractivity contribution in [3.05, 3.63) is 89.5 Å². The van der Waals surface area contributed by atoms with Crippen LogP contribution >= 0.6 is 0 Å². The highest BCUT2D eigenvalue weighted by Gasteiger charge is 2.26. The van der Waals surface area contributed by atoms with Gasteiger partial charge in [0, 0.05) is 35.5 Å². The molecule has 0 radical (unpaired) electrons. The summed E-state index contributed by atoms with van der Waals surface area (Å²) >= 11 is 0. The minimum absolute atomic E-state index is 0.0555. The lowest BCUT2D eigenvalue weighted by Crippen LogP contribution is -2.36. The summed E-state index contributed by atoms with van der Waals surface area (Å²) in [5.74, 6) is 1.83. The second-order valence-corrected chi connectivity index (χ2v) is 11.0. The fraction of sp³-hybridized carbons (Fsp3) is 0.438. The number of nitrogens with two attached hydrogens (primary N) is 1. The van der Waals surface area contributed by atoms with E-state index in [2.05, 4.69) is 59.3 Å². The Bertz CT molecular complexity index is 1190. The van der Waals surface area contributed by atoms with Gasteiger partial charge >= 0.3 is 0 Å². The predicted molar refractivity (Wildman–Crippen MR) is 156 cm³/mol. The first-order chi connectivity index (χ1) is 17.9. The summed E-state index contributed by atoms with van der Waals surface area (Å²) < 4.78 is 12.2. The van der Waals surface area contributed by atoms with E-state index in [1.54, 1.807) is 4.90 Å². The summed E-state index contributed by atoms with van der Waals surface area (Å²) in [4.78, 5) is 19.6. The number of guanidine groups is 1. The molecule has 3 rings (SSSR count). The molecule has 0 saturated heterocycles. The lowest BCUT2D eigenvalue weighted by atomic mass is 9.82. The molecule has 0 spiro atoms. The minimum atomic E-state index is -0.184. The monoisotopic (exact) mass is 517 g/mol. The van der Waals surface area contributed by atoms with Crippen LogP contribution in [0.4, 0.5) is 0 Å². The third-order valence-electron chi connectivity index (χ3n) is 6.83. The van der Waals surface area contributed by atoms with Gasteiger partial charge in [-0.1, -0.05) is 59.9 Å². The molecule has 6 nitrogen and oxygen atoms in total. The molecular formula is C32H43N3O3. The normalized spacial score (nSPS) is 16.4. The van der Waals surface area contributed by atoms with Crippen molar-refractivity contribution in [2.75, 3.05) is 13.2 Å². The molecule has 2 aliphatic heterocycles. The van der Waals surface area contributed by atoms with Gasteiger partial charge in [0.2, 0.25) is 5.96 Å². The molecular weight excluding hydrogens is 474 g/mol. The van der Waals surface area contributed by atoms with Crippen molar-refractivity contribution in [2.45, 2.75) is 78.2 Å². The van der Waals surface area contributed by atoms with E-state index in [1.807, 2.05) is 30.4 Å². The summed E-state index contributed by atoms with van der Waals surface area (Å²) in [6.07, 6.45) is 9.32. The second-order valence-electron chi connectivity index (χ2n) is 11.0. The van der Waals surface area contributed by atoms with Crippen LogP contribution in [0.1, 0.15) is 81.8 Å². The average molecular weight is 518 g/mol. The van der Waals surface area contributed by atoms with Gasteiger partial charge in [-0.15, -0.1) is 0 Å². The molecule has 38 heavy (non-hydrogen) atoms. The fourth-order valence-electron chi connectivity index (χ4n) is 4.52. The first-order valence-electron chi connectivity index (χ1n) is 13.5. The number of ketones is 1. The summed E-state index contributed by atoms with van der Waals surface area (Å²) in [6.45, 7) is 24.0. The van der Waals surface area contributed by atoms with Gasteiger partial charge in [-0.2, -0.15) is 0 Å². The van der Waals surface area contributed by atoms with Crippen LogP contribution in [-0.4, -0.2) is 35.9 Å². The van der Waals surface area contributed by atoms with Crippen LogP contribution in [0.5, 0.6) is 5.75 Å². The molecule has 0 atom stereocenters. The maximum Gasteiger partial charge on any atom is 0.201 e. The van der Waals surface area contributed by atoms with Crippen molar-refractivity contribution >= 4 is 11.7 Å². The van der Waals surface area contributed by atoms with Crippen molar-refractivity contribution in [2.24, 2.45) is 10.7 Å². The first kappa shape index (κ1) is 29.0. The SMILES string of the molecule is C=C1CCOc2c(cc(C(=O)CC(=C)N=C(N)N3CC=C(OC(CC)CC)C=CC3=C)cc2C(C)(C)C)C1. The average Bonchev–Trinajstić information content (AvgIpc) is 3.15. The zero-order chi connectivity index (χ0) is 28.0.